The lowest BCUT2D eigenvalue weighted by Crippen LogP contribution is -2.32. The van der Waals surface area contributed by atoms with Gasteiger partial charge in [0.25, 0.3) is 0 Å². The standard InChI is InChI=1S/C18H24BrN3O2/c1-13(23)22-10-5-14-11-15(19)12-16(18(14)22)20-17(24)6-9-21-7-3-2-4-8-21/h11-12H,2-10H2,1H3,(H,20,24). The molecule has 2 aliphatic rings. The lowest BCUT2D eigenvalue weighted by molar-refractivity contribution is -0.117. The molecule has 1 saturated heterocycles. The third-order valence-electron chi connectivity index (χ3n) is 4.79. The summed E-state index contributed by atoms with van der Waals surface area (Å²) in [6.45, 7) is 5.24. The van der Waals surface area contributed by atoms with Crippen molar-refractivity contribution in [3.63, 3.8) is 0 Å². The lowest BCUT2D eigenvalue weighted by Gasteiger charge is -2.26. The van der Waals surface area contributed by atoms with Crippen LogP contribution in [0, 0.1) is 0 Å². The van der Waals surface area contributed by atoms with E-state index in [-0.39, 0.29) is 11.8 Å². The topological polar surface area (TPSA) is 52.7 Å². The molecule has 2 amide bonds. The second kappa shape index (κ2) is 7.66. The average molecular weight is 394 g/mol. The zero-order valence-corrected chi connectivity index (χ0v) is 15.7. The first kappa shape index (κ1) is 17.4. The molecule has 0 aromatic heterocycles. The lowest BCUT2D eigenvalue weighted by atomic mass is 10.1. The summed E-state index contributed by atoms with van der Waals surface area (Å²) in [5.41, 5.74) is 2.69. The number of carbonyl (C=O) groups is 2. The summed E-state index contributed by atoms with van der Waals surface area (Å²) in [6.07, 6.45) is 5.07. The molecule has 130 valence electrons. The summed E-state index contributed by atoms with van der Waals surface area (Å²) in [7, 11) is 0. The Morgan fingerprint density at radius 2 is 1.92 bits per heavy atom. The predicted molar refractivity (Wildman–Crippen MR) is 99.4 cm³/mol. The molecule has 0 atom stereocenters. The van der Waals surface area contributed by atoms with Gasteiger partial charge in [-0.2, -0.15) is 0 Å². The minimum absolute atomic E-state index is 0.0104. The summed E-state index contributed by atoms with van der Waals surface area (Å²) < 4.78 is 0.929. The Hall–Kier alpha value is -1.40. The Balaban J connectivity index is 1.68. The van der Waals surface area contributed by atoms with Gasteiger partial charge in [-0.05, 0) is 50.0 Å². The van der Waals surface area contributed by atoms with Gasteiger partial charge in [0.1, 0.15) is 0 Å². The molecular weight excluding hydrogens is 370 g/mol. The fourth-order valence-corrected chi connectivity index (χ4v) is 4.08. The van der Waals surface area contributed by atoms with Gasteiger partial charge in [0.15, 0.2) is 0 Å². The number of piperidine rings is 1. The summed E-state index contributed by atoms with van der Waals surface area (Å²) in [5.74, 6) is 0.0242. The number of likely N-dealkylation sites (tertiary alicyclic amines) is 1. The molecule has 3 rings (SSSR count). The van der Waals surface area contributed by atoms with E-state index in [0.29, 0.717) is 13.0 Å². The average Bonchev–Trinajstić information content (AvgIpc) is 2.98. The summed E-state index contributed by atoms with van der Waals surface area (Å²) in [4.78, 5) is 28.4. The molecule has 6 heteroatoms. The molecule has 5 nitrogen and oxygen atoms in total. The number of fused-ring (bicyclic) bond motifs is 1. The number of nitrogens with zero attached hydrogens (tertiary/aromatic N) is 2. The zero-order valence-electron chi connectivity index (χ0n) is 14.1. The van der Waals surface area contributed by atoms with E-state index in [1.807, 2.05) is 12.1 Å². The van der Waals surface area contributed by atoms with Gasteiger partial charge < -0.3 is 15.1 Å². The SMILES string of the molecule is CC(=O)N1CCc2cc(Br)cc(NC(=O)CCN3CCCCC3)c21. The maximum absolute atomic E-state index is 12.4. The van der Waals surface area contributed by atoms with Gasteiger partial charge in [-0.25, -0.2) is 0 Å². The van der Waals surface area contributed by atoms with Crippen LogP contribution in [0.5, 0.6) is 0 Å². The maximum atomic E-state index is 12.4. The van der Waals surface area contributed by atoms with Crippen LogP contribution in [0.4, 0.5) is 11.4 Å². The van der Waals surface area contributed by atoms with Crippen LogP contribution in [0.1, 0.15) is 38.2 Å². The molecule has 2 heterocycles. The van der Waals surface area contributed by atoms with Crippen molar-refractivity contribution in [2.24, 2.45) is 0 Å². The number of nitrogens with one attached hydrogen (secondary N) is 1. The van der Waals surface area contributed by atoms with Crippen molar-refractivity contribution < 1.29 is 9.59 Å². The van der Waals surface area contributed by atoms with Crippen molar-refractivity contribution in [1.82, 2.24) is 4.90 Å². The fraction of sp³-hybridized carbons (Fsp3) is 0.556. The number of hydrogen-bond donors (Lipinski definition) is 1. The van der Waals surface area contributed by atoms with E-state index >= 15 is 0 Å². The van der Waals surface area contributed by atoms with E-state index < -0.39 is 0 Å². The Labute approximate surface area is 151 Å². The van der Waals surface area contributed by atoms with Crippen molar-refractivity contribution in [3.05, 3.63) is 22.2 Å². The molecule has 0 radical (unpaired) electrons. The van der Waals surface area contributed by atoms with Crippen LogP contribution in [0.2, 0.25) is 0 Å². The molecule has 0 saturated carbocycles. The Kier molecular flexibility index (Phi) is 5.56. The minimum atomic E-state index is 0.0104. The van der Waals surface area contributed by atoms with Gasteiger partial charge in [-0.3, -0.25) is 9.59 Å². The summed E-state index contributed by atoms with van der Waals surface area (Å²) in [6, 6.07) is 3.92. The number of halogens is 1. The van der Waals surface area contributed by atoms with Gasteiger partial charge in [0, 0.05) is 30.9 Å². The fourth-order valence-electron chi connectivity index (χ4n) is 3.57. The second-order valence-corrected chi connectivity index (χ2v) is 7.50. The van der Waals surface area contributed by atoms with Crippen LogP contribution >= 0.6 is 15.9 Å². The van der Waals surface area contributed by atoms with Crippen LogP contribution in [0.15, 0.2) is 16.6 Å². The number of anilines is 2. The minimum Gasteiger partial charge on any atom is -0.324 e. The molecule has 0 spiro atoms. The van der Waals surface area contributed by atoms with E-state index in [0.717, 1.165) is 47.5 Å². The van der Waals surface area contributed by atoms with Gasteiger partial charge in [-0.15, -0.1) is 0 Å². The Bertz CT molecular complexity index is 641. The van der Waals surface area contributed by atoms with Crippen LogP contribution in [0.25, 0.3) is 0 Å². The van der Waals surface area contributed by atoms with Crippen molar-refractivity contribution in [2.75, 3.05) is 36.4 Å². The molecule has 0 bridgehead atoms. The van der Waals surface area contributed by atoms with Crippen LogP contribution in [-0.2, 0) is 16.0 Å². The van der Waals surface area contributed by atoms with Gasteiger partial charge in [0.2, 0.25) is 11.8 Å². The highest BCUT2D eigenvalue weighted by Gasteiger charge is 2.26. The number of rotatable bonds is 4. The molecule has 1 aromatic rings. The third-order valence-corrected chi connectivity index (χ3v) is 5.24. The molecule has 1 fully saturated rings. The molecule has 0 aliphatic carbocycles. The zero-order chi connectivity index (χ0) is 17.1. The monoisotopic (exact) mass is 393 g/mol. The Morgan fingerprint density at radius 1 is 1.17 bits per heavy atom. The smallest absolute Gasteiger partial charge is 0.225 e. The second-order valence-electron chi connectivity index (χ2n) is 6.58. The van der Waals surface area contributed by atoms with Crippen LogP contribution in [-0.4, -0.2) is 42.9 Å². The maximum Gasteiger partial charge on any atom is 0.225 e. The number of hydrogen-bond acceptors (Lipinski definition) is 3. The van der Waals surface area contributed by atoms with Gasteiger partial charge >= 0.3 is 0 Å². The van der Waals surface area contributed by atoms with Crippen LogP contribution in [0.3, 0.4) is 0 Å². The van der Waals surface area contributed by atoms with Crippen molar-refractivity contribution in [1.29, 1.82) is 0 Å². The van der Waals surface area contributed by atoms with E-state index in [9.17, 15) is 9.59 Å². The quantitative estimate of drug-likeness (QED) is 0.854. The van der Waals surface area contributed by atoms with Gasteiger partial charge in [0.05, 0.1) is 11.4 Å². The van der Waals surface area contributed by atoms with E-state index in [2.05, 4.69) is 26.1 Å². The highest BCUT2D eigenvalue weighted by Crippen LogP contribution is 2.38. The molecule has 0 unspecified atom stereocenters. The molecule has 1 N–H and O–H groups in total. The number of benzene rings is 1. The van der Waals surface area contributed by atoms with Crippen molar-refractivity contribution in [2.45, 2.75) is 39.0 Å². The van der Waals surface area contributed by atoms with E-state index in [1.54, 1.807) is 11.8 Å². The highest BCUT2D eigenvalue weighted by molar-refractivity contribution is 9.10. The van der Waals surface area contributed by atoms with E-state index in [4.69, 9.17) is 0 Å². The molecule has 24 heavy (non-hydrogen) atoms. The first-order chi connectivity index (χ1) is 11.5. The number of amides is 2. The first-order valence-corrected chi connectivity index (χ1v) is 9.46. The van der Waals surface area contributed by atoms with E-state index in [1.165, 1.54) is 19.3 Å². The van der Waals surface area contributed by atoms with Crippen molar-refractivity contribution >= 4 is 39.1 Å². The van der Waals surface area contributed by atoms with Gasteiger partial charge in [-0.1, -0.05) is 22.4 Å². The number of carbonyl (C=O) groups excluding carboxylic acids is 2. The summed E-state index contributed by atoms with van der Waals surface area (Å²) >= 11 is 3.50. The van der Waals surface area contributed by atoms with Crippen LogP contribution < -0.4 is 10.2 Å². The molecular formula is C18H24BrN3O2. The highest BCUT2D eigenvalue weighted by atomic mass is 79.9. The Morgan fingerprint density at radius 3 is 2.62 bits per heavy atom. The predicted octanol–water partition coefficient (Wildman–Crippen LogP) is 3.17. The van der Waals surface area contributed by atoms with Crippen molar-refractivity contribution in [3.8, 4) is 0 Å². The molecule has 1 aromatic carbocycles. The third kappa shape index (κ3) is 3.98. The molecule has 2 aliphatic heterocycles. The summed E-state index contributed by atoms with van der Waals surface area (Å²) in [5, 5.41) is 3.02. The largest absolute Gasteiger partial charge is 0.324 e. The first-order valence-electron chi connectivity index (χ1n) is 8.67. The normalized spacial score (nSPS) is 17.7.